The molecule has 0 bridgehead atoms. The second kappa shape index (κ2) is 3.80. The first-order chi connectivity index (χ1) is 7.83. The summed E-state index contributed by atoms with van der Waals surface area (Å²) < 4.78 is 6.49. The van der Waals surface area contributed by atoms with E-state index >= 15 is 0 Å². The van der Waals surface area contributed by atoms with Crippen LogP contribution < -0.4 is 0 Å². The standard InChI is InChI=1S/C14H9BrO/c15-13-6-5-10-8-12(4-3-11(10)9-13)14-2-1-7-16-14/h1-9H. The van der Waals surface area contributed by atoms with Gasteiger partial charge in [0.05, 0.1) is 6.26 Å². The Morgan fingerprint density at radius 1 is 0.875 bits per heavy atom. The predicted octanol–water partition coefficient (Wildman–Crippen LogP) is 4.86. The first-order valence-electron chi connectivity index (χ1n) is 5.06. The van der Waals surface area contributed by atoms with Crippen molar-refractivity contribution in [2.75, 3.05) is 0 Å². The van der Waals surface area contributed by atoms with Crippen molar-refractivity contribution in [2.24, 2.45) is 0 Å². The van der Waals surface area contributed by atoms with Crippen LogP contribution in [0.3, 0.4) is 0 Å². The molecule has 0 aliphatic carbocycles. The lowest BCUT2D eigenvalue weighted by atomic mass is 10.1. The molecule has 0 amide bonds. The molecule has 1 aromatic heterocycles. The maximum atomic E-state index is 5.38. The minimum absolute atomic E-state index is 0.907. The molecule has 0 saturated carbocycles. The molecule has 1 nitrogen and oxygen atoms in total. The average Bonchev–Trinajstić information content (AvgIpc) is 2.82. The number of furan rings is 1. The summed E-state index contributed by atoms with van der Waals surface area (Å²) in [6.07, 6.45) is 1.70. The summed E-state index contributed by atoms with van der Waals surface area (Å²) in [4.78, 5) is 0. The fraction of sp³-hybridized carbons (Fsp3) is 0. The molecule has 2 aromatic carbocycles. The van der Waals surface area contributed by atoms with Gasteiger partial charge in [-0.2, -0.15) is 0 Å². The zero-order valence-corrected chi connectivity index (χ0v) is 10.1. The number of benzene rings is 2. The Morgan fingerprint density at radius 2 is 1.69 bits per heavy atom. The van der Waals surface area contributed by atoms with E-state index in [4.69, 9.17) is 4.42 Å². The minimum Gasteiger partial charge on any atom is -0.464 e. The highest BCUT2D eigenvalue weighted by molar-refractivity contribution is 9.10. The summed E-state index contributed by atoms with van der Waals surface area (Å²) in [5, 5.41) is 2.45. The molecule has 2 heteroatoms. The van der Waals surface area contributed by atoms with Crippen LogP contribution in [0.5, 0.6) is 0 Å². The summed E-state index contributed by atoms with van der Waals surface area (Å²) in [5.74, 6) is 0.907. The largest absolute Gasteiger partial charge is 0.464 e. The lowest BCUT2D eigenvalue weighted by Gasteiger charge is -2.01. The SMILES string of the molecule is Brc1ccc2cc(-c3ccco3)ccc2c1. The van der Waals surface area contributed by atoms with E-state index in [2.05, 4.69) is 46.3 Å². The van der Waals surface area contributed by atoms with Crippen LogP contribution >= 0.6 is 15.9 Å². The molecule has 0 saturated heterocycles. The fourth-order valence-electron chi connectivity index (χ4n) is 1.81. The predicted molar refractivity (Wildman–Crippen MR) is 69.4 cm³/mol. The van der Waals surface area contributed by atoms with Crippen LogP contribution in [-0.2, 0) is 0 Å². The maximum absolute atomic E-state index is 5.38. The molecule has 16 heavy (non-hydrogen) atoms. The third-order valence-electron chi connectivity index (χ3n) is 2.61. The molecular formula is C14H9BrO. The second-order valence-electron chi connectivity index (χ2n) is 3.68. The first kappa shape index (κ1) is 9.67. The van der Waals surface area contributed by atoms with Gasteiger partial charge < -0.3 is 4.42 Å². The highest BCUT2D eigenvalue weighted by atomic mass is 79.9. The van der Waals surface area contributed by atoms with E-state index in [1.54, 1.807) is 6.26 Å². The topological polar surface area (TPSA) is 13.1 Å². The molecule has 0 aliphatic rings. The first-order valence-corrected chi connectivity index (χ1v) is 5.85. The van der Waals surface area contributed by atoms with Crippen LogP contribution in [0, 0.1) is 0 Å². The molecule has 0 unspecified atom stereocenters. The lowest BCUT2D eigenvalue weighted by Crippen LogP contribution is -1.76. The highest BCUT2D eigenvalue weighted by Crippen LogP contribution is 2.26. The molecule has 78 valence electrons. The Kier molecular flexibility index (Phi) is 2.29. The van der Waals surface area contributed by atoms with Gasteiger partial charge in [-0.3, -0.25) is 0 Å². The number of rotatable bonds is 1. The van der Waals surface area contributed by atoms with Gasteiger partial charge in [0.25, 0.3) is 0 Å². The fourth-order valence-corrected chi connectivity index (χ4v) is 2.19. The summed E-state index contributed by atoms with van der Waals surface area (Å²) in [5.41, 5.74) is 1.11. The van der Waals surface area contributed by atoms with E-state index in [1.807, 2.05) is 18.2 Å². The molecule has 0 aliphatic heterocycles. The van der Waals surface area contributed by atoms with Crippen molar-refractivity contribution in [1.29, 1.82) is 0 Å². The summed E-state index contributed by atoms with van der Waals surface area (Å²) >= 11 is 3.47. The van der Waals surface area contributed by atoms with Crippen LogP contribution in [0.2, 0.25) is 0 Å². The quantitative estimate of drug-likeness (QED) is 0.617. The molecule has 1 heterocycles. The van der Waals surface area contributed by atoms with Gasteiger partial charge in [0.15, 0.2) is 0 Å². The van der Waals surface area contributed by atoms with Gasteiger partial charge in [0.2, 0.25) is 0 Å². The Morgan fingerprint density at radius 3 is 2.50 bits per heavy atom. The van der Waals surface area contributed by atoms with Gasteiger partial charge >= 0.3 is 0 Å². The van der Waals surface area contributed by atoms with Crippen molar-refractivity contribution in [3.63, 3.8) is 0 Å². The molecule has 0 spiro atoms. The molecular weight excluding hydrogens is 264 g/mol. The van der Waals surface area contributed by atoms with E-state index in [9.17, 15) is 0 Å². The van der Waals surface area contributed by atoms with Gasteiger partial charge in [0.1, 0.15) is 5.76 Å². The van der Waals surface area contributed by atoms with Gasteiger partial charge in [-0.1, -0.05) is 34.1 Å². The van der Waals surface area contributed by atoms with E-state index in [-0.39, 0.29) is 0 Å². The third kappa shape index (κ3) is 1.65. The van der Waals surface area contributed by atoms with Crippen LogP contribution in [-0.4, -0.2) is 0 Å². The summed E-state index contributed by atoms with van der Waals surface area (Å²) in [7, 11) is 0. The lowest BCUT2D eigenvalue weighted by molar-refractivity contribution is 0.582. The van der Waals surface area contributed by atoms with E-state index in [0.717, 1.165) is 15.8 Å². The smallest absolute Gasteiger partial charge is 0.133 e. The van der Waals surface area contributed by atoms with Crippen molar-refractivity contribution in [3.8, 4) is 11.3 Å². The Hall–Kier alpha value is -1.54. The Balaban J connectivity index is 2.20. The molecule has 0 fully saturated rings. The molecule has 0 atom stereocenters. The van der Waals surface area contributed by atoms with E-state index in [0.29, 0.717) is 0 Å². The van der Waals surface area contributed by atoms with Crippen LogP contribution in [0.1, 0.15) is 0 Å². The van der Waals surface area contributed by atoms with Crippen LogP contribution in [0.15, 0.2) is 63.7 Å². The highest BCUT2D eigenvalue weighted by Gasteiger charge is 2.01. The van der Waals surface area contributed by atoms with Crippen LogP contribution in [0.4, 0.5) is 0 Å². The van der Waals surface area contributed by atoms with Gasteiger partial charge in [0, 0.05) is 10.0 Å². The number of hydrogen-bond donors (Lipinski definition) is 0. The van der Waals surface area contributed by atoms with E-state index < -0.39 is 0 Å². The summed E-state index contributed by atoms with van der Waals surface area (Å²) in [6.45, 7) is 0. The minimum atomic E-state index is 0.907. The Labute approximate surface area is 102 Å². The zero-order valence-electron chi connectivity index (χ0n) is 8.48. The van der Waals surface area contributed by atoms with Gasteiger partial charge in [-0.25, -0.2) is 0 Å². The average molecular weight is 273 g/mol. The van der Waals surface area contributed by atoms with Crippen molar-refractivity contribution in [1.82, 2.24) is 0 Å². The summed E-state index contributed by atoms with van der Waals surface area (Å²) in [6, 6.07) is 16.5. The third-order valence-corrected chi connectivity index (χ3v) is 3.10. The number of hydrogen-bond acceptors (Lipinski definition) is 1. The van der Waals surface area contributed by atoms with Crippen molar-refractivity contribution >= 4 is 26.7 Å². The van der Waals surface area contributed by atoms with Gasteiger partial charge in [-0.15, -0.1) is 0 Å². The molecule has 3 rings (SSSR count). The van der Waals surface area contributed by atoms with E-state index in [1.165, 1.54) is 10.8 Å². The Bertz CT molecular complexity index is 626. The molecule has 3 aromatic rings. The monoisotopic (exact) mass is 272 g/mol. The van der Waals surface area contributed by atoms with Crippen molar-refractivity contribution < 1.29 is 4.42 Å². The maximum Gasteiger partial charge on any atom is 0.133 e. The van der Waals surface area contributed by atoms with Crippen molar-refractivity contribution in [3.05, 3.63) is 59.3 Å². The molecule has 0 radical (unpaired) electrons. The van der Waals surface area contributed by atoms with Crippen molar-refractivity contribution in [2.45, 2.75) is 0 Å². The zero-order chi connectivity index (χ0) is 11.0. The normalized spacial score (nSPS) is 10.8. The number of fused-ring (bicyclic) bond motifs is 1. The molecule has 0 N–H and O–H groups in total. The second-order valence-corrected chi connectivity index (χ2v) is 4.60. The van der Waals surface area contributed by atoms with Crippen LogP contribution in [0.25, 0.3) is 22.1 Å². The number of halogens is 1. The van der Waals surface area contributed by atoms with Gasteiger partial charge in [-0.05, 0) is 41.1 Å².